The molecule has 1 aromatic carbocycles. The molecular weight excluding hydrogens is 296 g/mol. The summed E-state index contributed by atoms with van der Waals surface area (Å²) < 4.78 is 5.91. The molecule has 4 nitrogen and oxygen atoms in total. The van der Waals surface area contributed by atoms with E-state index in [-0.39, 0.29) is 5.91 Å². The van der Waals surface area contributed by atoms with Gasteiger partial charge in [0, 0.05) is 17.6 Å². The first-order chi connectivity index (χ1) is 9.51. The van der Waals surface area contributed by atoms with E-state index in [1.807, 2.05) is 12.1 Å². The van der Waals surface area contributed by atoms with Gasteiger partial charge >= 0.3 is 0 Å². The Kier molecular flexibility index (Phi) is 4.52. The summed E-state index contributed by atoms with van der Waals surface area (Å²) in [6, 6.07) is 8.75. The van der Waals surface area contributed by atoms with Crippen LogP contribution in [0, 0.1) is 0 Å². The number of rotatable bonds is 4. The highest BCUT2D eigenvalue weighted by Gasteiger charge is 2.17. The van der Waals surface area contributed by atoms with Crippen molar-refractivity contribution < 1.29 is 9.53 Å². The Bertz CT molecular complexity index is 627. The van der Waals surface area contributed by atoms with E-state index in [9.17, 15) is 4.79 Å². The van der Waals surface area contributed by atoms with Crippen molar-refractivity contribution in [3.05, 3.63) is 45.1 Å². The zero-order valence-electron chi connectivity index (χ0n) is 11.2. The summed E-state index contributed by atoms with van der Waals surface area (Å²) in [5.41, 5.74) is 6.72. The number of hydrogen-bond acceptors (Lipinski definition) is 4. The van der Waals surface area contributed by atoms with Gasteiger partial charge in [-0.1, -0.05) is 11.6 Å². The van der Waals surface area contributed by atoms with Crippen LogP contribution in [0.1, 0.15) is 15.2 Å². The Balaban J connectivity index is 2.20. The topological polar surface area (TPSA) is 55.6 Å². The summed E-state index contributed by atoms with van der Waals surface area (Å²) in [6.45, 7) is 0.494. The molecule has 1 aromatic heterocycles. The molecular formula is C14H15ClN2O2S. The van der Waals surface area contributed by atoms with Crippen LogP contribution in [0.2, 0.25) is 4.34 Å². The van der Waals surface area contributed by atoms with E-state index in [1.165, 1.54) is 18.4 Å². The Morgan fingerprint density at radius 1 is 1.40 bits per heavy atom. The number of nitrogens with two attached hydrogens (primary N) is 1. The van der Waals surface area contributed by atoms with Crippen molar-refractivity contribution in [3.8, 4) is 5.75 Å². The third-order valence-electron chi connectivity index (χ3n) is 2.82. The molecule has 0 aliphatic heterocycles. The first-order valence-electron chi connectivity index (χ1n) is 5.94. The van der Waals surface area contributed by atoms with E-state index in [4.69, 9.17) is 22.1 Å². The number of methoxy groups -OCH3 is 1. The lowest BCUT2D eigenvalue weighted by atomic mass is 10.1. The molecule has 2 N–H and O–H groups in total. The van der Waals surface area contributed by atoms with Crippen molar-refractivity contribution in [2.24, 2.45) is 0 Å². The maximum absolute atomic E-state index is 12.4. The van der Waals surface area contributed by atoms with Gasteiger partial charge in [-0.15, -0.1) is 11.3 Å². The van der Waals surface area contributed by atoms with Gasteiger partial charge in [-0.25, -0.2) is 0 Å². The van der Waals surface area contributed by atoms with Gasteiger partial charge in [-0.2, -0.15) is 0 Å². The molecule has 0 unspecified atom stereocenters. The fraction of sp³-hybridized carbons (Fsp3) is 0.214. The minimum atomic E-state index is -0.140. The SMILES string of the molecule is COc1ccc(N)cc1C(=O)N(C)Cc1ccc(Cl)s1. The summed E-state index contributed by atoms with van der Waals surface area (Å²) >= 11 is 7.34. The Hall–Kier alpha value is -1.72. The molecule has 1 amide bonds. The second-order valence-corrected chi connectivity index (χ2v) is 6.13. The number of hydrogen-bond donors (Lipinski definition) is 1. The third kappa shape index (κ3) is 3.23. The Labute approximate surface area is 126 Å². The molecule has 0 aliphatic carbocycles. The van der Waals surface area contributed by atoms with Gasteiger partial charge < -0.3 is 15.4 Å². The average Bonchev–Trinajstić information content (AvgIpc) is 2.83. The zero-order valence-corrected chi connectivity index (χ0v) is 12.8. The van der Waals surface area contributed by atoms with Gasteiger partial charge in [0.25, 0.3) is 5.91 Å². The second-order valence-electron chi connectivity index (χ2n) is 4.33. The van der Waals surface area contributed by atoms with Crippen molar-refractivity contribution in [1.29, 1.82) is 0 Å². The summed E-state index contributed by atoms with van der Waals surface area (Å²) in [5.74, 6) is 0.374. The maximum atomic E-state index is 12.4. The molecule has 2 rings (SSSR count). The largest absolute Gasteiger partial charge is 0.496 e. The molecule has 0 fully saturated rings. The lowest BCUT2D eigenvalue weighted by Crippen LogP contribution is -2.26. The zero-order chi connectivity index (χ0) is 14.7. The third-order valence-corrected chi connectivity index (χ3v) is 4.04. The number of halogens is 1. The van der Waals surface area contributed by atoms with E-state index in [1.54, 1.807) is 30.1 Å². The lowest BCUT2D eigenvalue weighted by Gasteiger charge is -2.18. The van der Waals surface area contributed by atoms with Crippen molar-refractivity contribution in [3.63, 3.8) is 0 Å². The molecule has 106 valence electrons. The smallest absolute Gasteiger partial charge is 0.257 e. The van der Waals surface area contributed by atoms with Crippen LogP contribution in [-0.4, -0.2) is 25.0 Å². The summed E-state index contributed by atoms with van der Waals surface area (Å²) in [7, 11) is 3.26. The molecule has 6 heteroatoms. The predicted octanol–water partition coefficient (Wildman–Crippen LogP) is 3.26. The van der Waals surface area contributed by atoms with E-state index < -0.39 is 0 Å². The number of ether oxygens (including phenoxy) is 1. The monoisotopic (exact) mass is 310 g/mol. The molecule has 0 aliphatic rings. The molecule has 0 bridgehead atoms. The van der Waals surface area contributed by atoms with E-state index in [2.05, 4.69) is 0 Å². The minimum absolute atomic E-state index is 0.140. The van der Waals surface area contributed by atoms with Crippen LogP contribution >= 0.6 is 22.9 Å². The van der Waals surface area contributed by atoms with Gasteiger partial charge in [-0.3, -0.25) is 4.79 Å². The number of carbonyl (C=O) groups is 1. The van der Waals surface area contributed by atoms with Crippen LogP contribution in [0.25, 0.3) is 0 Å². The highest BCUT2D eigenvalue weighted by atomic mass is 35.5. The second kappa shape index (κ2) is 6.15. The molecule has 0 saturated heterocycles. The quantitative estimate of drug-likeness (QED) is 0.882. The molecule has 0 spiro atoms. The van der Waals surface area contributed by atoms with Crippen LogP contribution in [0.15, 0.2) is 30.3 Å². The number of thiophene rings is 1. The normalized spacial score (nSPS) is 10.3. The van der Waals surface area contributed by atoms with E-state index >= 15 is 0 Å². The number of carbonyl (C=O) groups excluding carboxylic acids is 1. The molecule has 0 saturated carbocycles. The van der Waals surface area contributed by atoms with E-state index in [0.29, 0.717) is 27.9 Å². The van der Waals surface area contributed by atoms with Crippen molar-refractivity contribution in [1.82, 2.24) is 4.90 Å². The number of benzene rings is 1. The molecule has 20 heavy (non-hydrogen) atoms. The number of amides is 1. The van der Waals surface area contributed by atoms with Gasteiger partial charge in [0.2, 0.25) is 0 Å². The molecule has 0 radical (unpaired) electrons. The van der Waals surface area contributed by atoms with Crippen molar-refractivity contribution in [2.75, 3.05) is 19.9 Å². The van der Waals surface area contributed by atoms with Gasteiger partial charge in [-0.05, 0) is 30.3 Å². The number of nitrogens with zero attached hydrogens (tertiary/aromatic N) is 1. The Morgan fingerprint density at radius 2 is 2.15 bits per heavy atom. The maximum Gasteiger partial charge on any atom is 0.257 e. The fourth-order valence-electron chi connectivity index (χ4n) is 1.84. The lowest BCUT2D eigenvalue weighted by molar-refractivity contribution is 0.0783. The standard InChI is InChI=1S/C14H15ClN2O2S/c1-17(8-10-4-6-13(15)20-10)14(18)11-7-9(16)3-5-12(11)19-2/h3-7H,8,16H2,1-2H3. The summed E-state index contributed by atoms with van der Waals surface area (Å²) in [4.78, 5) is 15.1. The van der Waals surface area contributed by atoms with Crippen LogP contribution in [-0.2, 0) is 6.54 Å². The van der Waals surface area contributed by atoms with Gasteiger partial charge in [0.05, 0.1) is 23.6 Å². The Morgan fingerprint density at radius 3 is 2.75 bits per heavy atom. The summed E-state index contributed by atoms with van der Waals surface area (Å²) in [5, 5.41) is 0. The highest BCUT2D eigenvalue weighted by molar-refractivity contribution is 7.16. The summed E-state index contributed by atoms with van der Waals surface area (Å²) in [6.07, 6.45) is 0. The van der Waals surface area contributed by atoms with Crippen LogP contribution in [0.5, 0.6) is 5.75 Å². The average molecular weight is 311 g/mol. The van der Waals surface area contributed by atoms with Gasteiger partial charge in [0.1, 0.15) is 5.75 Å². The first kappa shape index (κ1) is 14.7. The van der Waals surface area contributed by atoms with Crippen molar-refractivity contribution in [2.45, 2.75) is 6.54 Å². The number of nitrogen functional groups attached to an aromatic ring is 1. The van der Waals surface area contributed by atoms with Gasteiger partial charge in [0.15, 0.2) is 0 Å². The highest BCUT2D eigenvalue weighted by Crippen LogP contribution is 2.25. The molecule has 0 atom stereocenters. The van der Waals surface area contributed by atoms with E-state index in [0.717, 1.165) is 4.88 Å². The molecule has 2 aromatic rings. The minimum Gasteiger partial charge on any atom is -0.496 e. The predicted molar refractivity (Wildman–Crippen MR) is 82.5 cm³/mol. The molecule has 1 heterocycles. The van der Waals surface area contributed by atoms with Crippen LogP contribution < -0.4 is 10.5 Å². The number of anilines is 1. The van der Waals surface area contributed by atoms with Crippen LogP contribution in [0.4, 0.5) is 5.69 Å². The first-order valence-corrected chi connectivity index (χ1v) is 7.14. The van der Waals surface area contributed by atoms with Crippen molar-refractivity contribution >= 4 is 34.5 Å². The van der Waals surface area contributed by atoms with Crippen LogP contribution in [0.3, 0.4) is 0 Å². The fourth-order valence-corrected chi connectivity index (χ4v) is 2.98.